The molecule has 12 heteroatoms. The zero-order valence-corrected chi connectivity index (χ0v) is 16.7. The van der Waals surface area contributed by atoms with Gasteiger partial charge in [0.05, 0.1) is 17.1 Å². The van der Waals surface area contributed by atoms with Crippen LogP contribution < -0.4 is 11.2 Å². The van der Waals surface area contributed by atoms with E-state index in [1.165, 1.54) is 24.2 Å². The summed E-state index contributed by atoms with van der Waals surface area (Å²) in [5.74, 6) is -1.84. The number of nitrogens with zero attached hydrogens (tertiary/aromatic N) is 5. The monoisotopic (exact) mass is 444 g/mol. The van der Waals surface area contributed by atoms with E-state index < -0.39 is 11.6 Å². The number of rotatable bonds is 6. The van der Waals surface area contributed by atoms with Gasteiger partial charge in [-0.25, -0.2) is 18.4 Å². The third-order valence-electron chi connectivity index (χ3n) is 4.31. The van der Waals surface area contributed by atoms with Gasteiger partial charge in [0.2, 0.25) is 17.5 Å². The molecular formula is C19H14ClFN6O4. The molecule has 2 heterocycles. The number of halogens is 2. The van der Waals surface area contributed by atoms with Crippen LogP contribution in [-0.2, 0) is 11.2 Å². The third-order valence-corrected chi connectivity index (χ3v) is 4.60. The lowest BCUT2D eigenvalue weighted by atomic mass is 10.1. The molecule has 0 unspecified atom stereocenters. The smallest absolute Gasteiger partial charge is 0.295 e. The summed E-state index contributed by atoms with van der Waals surface area (Å²) >= 11 is 5.82. The van der Waals surface area contributed by atoms with Gasteiger partial charge in [0, 0.05) is 7.05 Å². The number of aromatic nitrogens is 4. The molecule has 0 radical (unpaired) electrons. The lowest BCUT2D eigenvalue weighted by Crippen LogP contribution is -2.34. The Kier molecular flexibility index (Phi) is 5.50. The average molecular weight is 445 g/mol. The van der Waals surface area contributed by atoms with E-state index in [2.05, 4.69) is 20.9 Å². The Balaban J connectivity index is 1.61. The molecule has 1 N–H and O–H groups in total. The zero-order valence-electron chi connectivity index (χ0n) is 16.0. The number of anilines is 1. The molecule has 0 spiro atoms. The van der Waals surface area contributed by atoms with Gasteiger partial charge >= 0.3 is 5.76 Å². The molecule has 0 saturated carbocycles. The fourth-order valence-corrected chi connectivity index (χ4v) is 2.95. The molecular weight excluding hydrogens is 431 g/mol. The average Bonchev–Trinajstić information content (AvgIpc) is 3.36. The van der Waals surface area contributed by atoms with Crippen LogP contribution in [0.25, 0.3) is 17.2 Å². The van der Waals surface area contributed by atoms with Gasteiger partial charge in [0.15, 0.2) is 5.69 Å². The molecule has 31 heavy (non-hydrogen) atoms. The van der Waals surface area contributed by atoms with Crippen molar-refractivity contribution < 1.29 is 18.3 Å². The van der Waals surface area contributed by atoms with Crippen LogP contribution in [0.4, 0.5) is 10.2 Å². The number of benzene rings is 2. The number of carbonyl (C=O) groups is 1. The predicted molar refractivity (Wildman–Crippen MR) is 107 cm³/mol. The van der Waals surface area contributed by atoms with Crippen LogP contribution in [0, 0.1) is 5.82 Å². The predicted octanol–water partition coefficient (Wildman–Crippen LogP) is 2.70. The van der Waals surface area contributed by atoms with E-state index in [9.17, 15) is 14.0 Å². The summed E-state index contributed by atoms with van der Waals surface area (Å²) < 4.78 is 24.0. The fraction of sp³-hybridized carbons (Fsp3) is 0.105. The highest BCUT2D eigenvalue weighted by Crippen LogP contribution is 2.26. The molecule has 0 atom stereocenters. The van der Waals surface area contributed by atoms with Crippen LogP contribution in [0.2, 0.25) is 5.02 Å². The Morgan fingerprint density at radius 2 is 1.97 bits per heavy atom. The van der Waals surface area contributed by atoms with Gasteiger partial charge in [-0.15, -0.1) is 0 Å². The van der Waals surface area contributed by atoms with E-state index in [1.807, 2.05) is 30.3 Å². The molecule has 0 aliphatic rings. The summed E-state index contributed by atoms with van der Waals surface area (Å²) in [4.78, 5) is 24.7. The summed E-state index contributed by atoms with van der Waals surface area (Å²) in [7, 11) is 1.50. The van der Waals surface area contributed by atoms with Crippen molar-refractivity contribution in [1.29, 1.82) is 0 Å². The fourth-order valence-electron chi connectivity index (χ4n) is 2.77. The highest BCUT2D eigenvalue weighted by Gasteiger charge is 2.24. The van der Waals surface area contributed by atoms with E-state index in [0.717, 1.165) is 16.2 Å². The lowest BCUT2D eigenvalue weighted by Gasteiger charge is -2.17. The quantitative estimate of drug-likeness (QED) is 0.451. The standard InChI is InChI=1S/C19H14ClFN6O4/c1-26(15(28)9-11-5-3-2-4-6-11)22-17-16(23-31-24-17)18-25-30-19(29)27(18)12-7-8-14(21)13(20)10-12/h2-8,10H,9H2,1H3,(H,22,24). The van der Waals surface area contributed by atoms with Crippen LogP contribution >= 0.6 is 11.6 Å². The number of nitrogens with one attached hydrogen (secondary N) is 1. The Hall–Kier alpha value is -3.99. The van der Waals surface area contributed by atoms with Crippen molar-refractivity contribution in [2.45, 2.75) is 6.42 Å². The molecule has 0 aliphatic heterocycles. The number of amides is 1. The second kappa shape index (κ2) is 8.40. The van der Waals surface area contributed by atoms with Crippen molar-refractivity contribution in [3.05, 3.63) is 75.5 Å². The molecule has 0 aliphatic carbocycles. The Bertz CT molecular complexity index is 1290. The van der Waals surface area contributed by atoms with Crippen molar-refractivity contribution in [2.75, 3.05) is 12.5 Å². The first kappa shape index (κ1) is 20.3. The topological polar surface area (TPSA) is 119 Å². The first-order chi connectivity index (χ1) is 14.9. The summed E-state index contributed by atoms with van der Waals surface area (Å²) in [5, 5.41) is 12.2. The van der Waals surface area contributed by atoms with Gasteiger partial charge in [-0.1, -0.05) is 47.1 Å². The summed E-state index contributed by atoms with van der Waals surface area (Å²) in [5.41, 5.74) is 3.76. The minimum absolute atomic E-state index is 0.00865. The van der Waals surface area contributed by atoms with Gasteiger partial charge in [-0.3, -0.25) is 19.8 Å². The summed E-state index contributed by atoms with van der Waals surface area (Å²) in [6.45, 7) is 0. The Morgan fingerprint density at radius 1 is 1.19 bits per heavy atom. The maximum Gasteiger partial charge on any atom is 0.446 e. The van der Waals surface area contributed by atoms with E-state index in [1.54, 1.807) is 0 Å². The number of hydrazine groups is 1. The SMILES string of the molecule is CN(Nc1nonc1-c1noc(=O)n1-c1ccc(F)c(Cl)c1)C(=O)Cc1ccccc1. The van der Waals surface area contributed by atoms with Gasteiger partial charge in [0.25, 0.3) is 0 Å². The van der Waals surface area contributed by atoms with Crippen molar-refractivity contribution >= 4 is 23.3 Å². The van der Waals surface area contributed by atoms with Crippen LogP contribution in [0.3, 0.4) is 0 Å². The minimum atomic E-state index is -0.861. The second-order valence-corrected chi connectivity index (χ2v) is 6.80. The summed E-state index contributed by atoms with van der Waals surface area (Å²) in [6.07, 6.45) is 0.147. The third kappa shape index (κ3) is 4.16. The van der Waals surface area contributed by atoms with Crippen molar-refractivity contribution in [1.82, 2.24) is 25.0 Å². The maximum atomic E-state index is 13.5. The first-order valence-corrected chi connectivity index (χ1v) is 9.26. The van der Waals surface area contributed by atoms with Crippen LogP contribution in [0.5, 0.6) is 0 Å². The van der Waals surface area contributed by atoms with Crippen molar-refractivity contribution in [2.24, 2.45) is 0 Å². The number of likely N-dealkylation sites (N-methyl/N-ethyl adjacent to an activating group) is 1. The Morgan fingerprint density at radius 3 is 2.71 bits per heavy atom. The number of hydrogen-bond donors (Lipinski definition) is 1. The van der Waals surface area contributed by atoms with E-state index in [0.29, 0.717) is 0 Å². The van der Waals surface area contributed by atoms with E-state index in [4.69, 9.17) is 20.8 Å². The van der Waals surface area contributed by atoms with Gasteiger partial charge < -0.3 is 0 Å². The van der Waals surface area contributed by atoms with Crippen LogP contribution in [0.15, 0.2) is 62.5 Å². The van der Waals surface area contributed by atoms with Crippen molar-refractivity contribution in [3.63, 3.8) is 0 Å². The lowest BCUT2D eigenvalue weighted by molar-refractivity contribution is -0.128. The minimum Gasteiger partial charge on any atom is -0.295 e. The molecule has 0 fully saturated rings. The highest BCUT2D eigenvalue weighted by atomic mass is 35.5. The molecule has 0 saturated heterocycles. The normalized spacial score (nSPS) is 10.8. The number of carbonyl (C=O) groups excluding carboxylic acids is 1. The molecule has 0 bridgehead atoms. The van der Waals surface area contributed by atoms with Gasteiger partial charge in [-0.05, 0) is 34.1 Å². The van der Waals surface area contributed by atoms with E-state index in [-0.39, 0.29) is 40.4 Å². The molecule has 2 aromatic carbocycles. The second-order valence-electron chi connectivity index (χ2n) is 6.39. The molecule has 4 aromatic rings. The molecule has 1 amide bonds. The summed E-state index contributed by atoms with van der Waals surface area (Å²) in [6, 6.07) is 12.8. The van der Waals surface area contributed by atoms with Gasteiger partial charge in [-0.2, -0.15) is 0 Å². The van der Waals surface area contributed by atoms with Crippen molar-refractivity contribution in [3.8, 4) is 17.2 Å². The molecule has 10 nitrogen and oxygen atoms in total. The number of hydrogen-bond acceptors (Lipinski definition) is 8. The largest absolute Gasteiger partial charge is 0.446 e. The molecule has 158 valence electrons. The molecule has 4 rings (SSSR count). The zero-order chi connectivity index (χ0) is 22.0. The van der Waals surface area contributed by atoms with Gasteiger partial charge in [0.1, 0.15) is 5.82 Å². The highest BCUT2D eigenvalue weighted by molar-refractivity contribution is 6.30. The maximum absolute atomic E-state index is 13.5. The van der Waals surface area contributed by atoms with Crippen LogP contribution in [0.1, 0.15) is 5.56 Å². The molecule has 2 aromatic heterocycles. The van der Waals surface area contributed by atoms with Crippen LogP contribution in [-0.4, -0.2) is 38.0 Å². The Labute approximate surface area is 178 Å². The van der Waals surface area contributed by atoms with E-state index >= 15 is 0 Å². The first-order valence-electron chi connectivity index (χ1n) is 8.88.